The lowest BCUT2D eigenvalue weighted by Gasteiger charge is -2.10. The predicted molar refractivity (Wildman–Crippen MR) is 73.6 cm³/mol. The standard InChI is InChI=1S/C15H12FNO5/c16-11-3-1-2-4-13(11)22-8-7-21-12-5-6-17-9-10(12)14(18)15(19)20/h1-6,9H,7-8H2,(H,19,20). The summed E-state index contributed by atoms with van der Waals surface area (Å²) in [6, 6.07) is 7.29. The zero-order chi connectivity index (χ0) is 15.9. The summed E-state index contributed by atoms with van der Waals surface area (Å²) in [5.74, 6) is -3.03. The van der Waals surface area contributed by atoms with Gasteiger partial charge in [-0.05, 0) is 18.2 Å². The number of aromatic nitrogens is 1. The van der Waals surface area contributed by atoms with Crippen LogP contribution >= 0.6 is 0 Å². The van der Waals surface area contributed by atoms with Crippen molar-refractivity contribution >= 4 is 11.8 Å². The van der Waals surface area contributed by atoms with Gasteiger partial charge in [-0.3, -0.25) is 9.78 Å². The Balaban J connectivity index is 1.94. The van der Waals surface area contributed by atoms with Crippen molar-refractivity contribution in [2.45, 2.75) is 0 Å². The van der Waals surface area contributed by atoms with Gasteiger partial charge >= 0.3 is 5.97 Å². The molecule has 0 spiro atoms. The van der Waals surface area contributed by atoms with Gasteiger partial charge in [-0.2, -0.15) is 0 Å². The number of hydrogen-bond donors (Lipinski definition) is 1. The number of pyridine rings is 1. The molecule has 114 valence electrons. The minimum absolute atomic E-state index is 0.0121. The van der Waals surface area contributed by atoms with Crippen molar-refractivity contribution in [3.63, 3.8) is 0 Å². The third-order valence-electron chi connectivity index (χ3n) is 2.66. The summed E-state index contributed by atoms with van der Waals surface area (Å²) in [5, 5.41) is 8.71. The van der Waals surface area contributed by atoms with Gasteiger partial charge in [0.2, 0.25) is 0 Å². The minimum Gasteiger partial charge on any atom is -0.489 e. The molecular formula is C15H12FNO5. The Kier molecular flexibility index (Phi) is 5.02. The fraction of sp³-hybridized carbons (Fsp3) is 0.133. The average molecular weight is 305 g/mol. The lowest BCUT2D eigenvalue weighted by Crippen LogP contribution is -2.16. The van der Waals surface area contributed by atoms with Crippen molar-refractivity contribution in [1.82, 2.24) is 4.98 Å². The molecule has 0 saturated heterocycles. The van der Waals surface area contributed by atoms with E-state index in [1.165, 1.54) is 24.4 Å². The summed E-state index contributed by atoms with van der Waals surface area (Å²) in [6.07, 6.45) is 2.48. The number of carbonyl (C=O) groups is 2. The number of ether oxygens (including phenoxy) is 2. The van der Waals surface area contributed by atoms with Crippen LogP contribution < -0.4 is 9.47 Å². The van der Waals surface area contributed by atoms with E-state index in [1.807, 2.05) is 0 Å². The number of rotatable bonds is 7. The van der Waals surface area contributed by atoms with E-state index >= 15 is 0 Å². The molecular weight excluding hydrogens is 293 g/mol. The Morgan fingerprint density at radius 2 is 1.77 bits per heavy atom. The van der Waals surface area contributed by atoms with Crippen LogP contribution in [-0.4, -0.2) is 35.1 Å². The number of carboxylic acid groups (broad SMARTS) is 1. The first-order chi connectivity index (χ1) is 10.6. The number of hydrogen-bond acceptors (Lipinski definition) is 5. The van der Waals surface area contributed by atoms with E-state index in [-0.39, 0.29) is 30.3 Å². The molecule has 1 N–H and O–H groups in total. The maximum atomic E-state index is 13.3. The van der Waals surface area contributed by atoms with Crippen molar-refractivity contribution in [3.8, 4) is 11.5 Å². The maximum Gasteiger partial charge on any atom is 0.377 e. The molecule has 22 heavy (non-hydrogen) atoms. The predicted octanol–water partition coefficient (Wildman–Crippen LogP) is 1.95. The fourth-order valence-electron chi connectivity index (χ4n) is 1.66. The highest BCUT2D eigenvalue weighted by Gasteiger charge is 2.19. The van der Waals surface area contributed by atoms with Crippen LogP contribution in [0, 0.1) is 5.82 Å². The van der Waals surface area contributed by atoms with Crippen LogP contribution in [0.4, 0.5) is 4.39 Å². The Hall–Kier alpha value is -2.96. The van der Waals surface area contributed by atoms with Gasteiger partial charge in [0.15, 0.2) is 11.6 Å². The number of carbonyl (C=O) groups excluding carboxylic acids is 1. The molecule has 0 fully saturated rings. The second kappa shape index (κ2) is 7.16. The third kappa shape index (κ3) is 3.78. The first-order valence-corrected chi connectivity index (χ1v) is 6.31. The SMILES string of the molecule is O=C(O)C(=O)c1cnccc1OCCOc1ccccc1F. The molecule has 0 atom stereocenters. The van der Waals surface area contributed by atoms with Crippen molar-refractivity contribution in [1.29, 1.82) is 0 Å². The zero-order valence-corrected chi connectivity index (χ0v) is 11.4. The fourth-order valence-corrected chi connectivity index (χ4v) is 1.66. The number of ketones is 1. The number of aliphatic carboxylic acids is 1. The highest BCUT2D eigenvalue weighted by atomic mass is 19.1. The molecule has 1 heterocycles. The third-order valence-corrected chi connectivity index (χ3v) is 2.66. The summed E-state index contributed by atoms with van der Waals surface area (Å²) in [4.78, 5) is 25.9. The van der Waals surface area contributed by atoms with Gasteiger partial charge in [0.05, 0.1) is 5.56 Å². The van der Waals surface area contributed by atoms with Gasteiger partial charge in [-0.15, -0.1) is 0 Å². The van der Waals surface area contributed by atoms with E-state index in [2.05, 4.69) is 4.98 Å². The highest BCUT2D eigenvalue weighted by Crippen LogP contribution is 2.18. The van der Waals surface area contributed by atoms with Crippen LogP contribution in [0.1, 0.15) is 10.4 Å². The smallest absolute Gasteiger partial charge is 0.377 e. The largest absolute Gasteiger partial charge is 0.489 e. The molecule has 7 heteroatoms. The summed E-state index contributed by atoms with van der Waals surface area (Å²) in [5.41, 5.74) is -0.152. The second-order valence-corrected chi connectivity index (χ2v) is 4.13. The van der Waals surface area contributed by atoms with E-state index < -0.39 is 17.6 Å². The van der Waals surface area contributed by atoms with Crippen molar-refractivity contribution in [2.24, 2.45) is 0 Å². The molecule has 0 unspecified atom stereocenters. The lowest BCUT2D eigenvalue weighted by atomic mass is 10.2. The molecule has 0 radical (unpaired) electrons. The van der Waals surface area contributed by atoms with Crippen molar-refractivity contribution in [3.05, 3.63) is 54.1 Å². The van der Waals surface area contributed by atoms with E-state index in [0.717, 1.165) is 6.20 Å². The van der Waals surface area contributed by atoms with Gasteiger partial charge in [0.25, 0.3) is 5.78 Å². The molecule has 2 rings (SSSR count). The molecule has 6 nitrogen and oxygen atoms in total. The van der Waals surface area contributed by atoms with Crippen LogP contribution in [0.15, 0.2) is 42.7 Å². The Morgan fingerprint density at radius 1 is 1.09 bits per heavy atom. The van der Waals surface area contributed by atoms with Gasteiger partial charge in [-0.25, -0.2) is 9.18 Å². The molecule has 0 bridgehead atoms. The van der Waals surface area contributed by atoms with E-state index in [4.69, 9.17) is 14.6 Å². The van der Waals surface area contributed by atoms with Crippen LogP contribution in [0.25, 0.3) is 0 Å². The summed E-state index contributed by atoms with van der Waals surface area (Å²) in [7, 11) is 0. The van der Waals surface area contributed by atoms with Crippen LogP contribution in [0.2, 0.25) is 0 Å². The number of benzene rings is 1. The number of para-hydroxylation sites is 1. The quantitative estimate of drug-likeness (QED) is 0.478. The topological polar surface area (TPSA) is 85.7 Å². The van der Waals surface area contributed by atoms with E-state index in [1.54, 1.807) is 12.1 Å². The van der Waals surface area contributed by atoms with E-state index in [0.29, 0.717) is 0 Å². The number of Topliss-reactive ketones (excluding diaryl/α,β-unsaturated/α-hetero) is 1. The Labute approximate surface area is 125 Å². The molecule has 0 saturated carbocycles. The molecule has 0 amide bonds. The highest BCUT2D eigenvalue weighted by molar-refractivity contribution is 6.40. The molecule has 0 aliphatic carbocycles. The van der Waals surface area contributed by atoms with E-state index in [9.17, 15) is 14.0 Å². The lowest BCUT2D eigenvalue weighted by molar-refractivity contribution is -0.131. The summed E-state index contributed by atoms with van der Waals surface area (Å²) in [6.45, 7) is 0.0439. The molecule has 1 aromatic carbocycles. The van der Waals surface area contributed by atoms with Crippen LogP contribution in [0.5, 0.6) is 11.5 Å². The Bertz CT molecular complexity index is 689. The summed E-state index contributed by atoms with van der Waals surface area (Å²) < 4.78 is 23.8. The van der Waals surface area contributed by atoms with Gasteiger partial charge in [0.1, 0.15) is 19.0 Å². The minimum atomic E-state index is -1.60. The van der Waals surface area contributed by atoms with Gasteiger partial charge in [-0.1, -0.05) is 12.1 Å². The number of carboxylic acids is 1. The van der Waals surface area contributed by atoms with Crippen molar-refractivity contribution < 1.29 is 28.6 Å². The van der Waals surface area contributed by atoms with Crippen LogP contribution in [0.3, 0.4) is 0 Å². The Morgan fingerprint density at radius 3 is 2.45 bits per heavy atom. The van der Waals surface area contributed by atoms with Crippen LogP contribution in [-0.2, 0) is 4.79 Å². The number of halogens is 1. The maximum absolute atomic E-state index is 13.3. The molecule has 0 aliphatic rings. The normalized spacial score (nSPS) is 10.0. The first kappa shape index (κ1) is 15.4. The van der Waals surface area contributed by atoms with Crippen molar-refractivity contribution in [2.75, 3.05) is 13.2 Å². The monoisotopic (exact) mass is 305 g/mol. The van der Waals surface area contributed by atoms with Gasteiger partial charge < -0.3 is 14.6 Å². The first-order valence-electron chi connectivity index (χ1n) is 6.31. The molecule has 1 aromatic heterocycles. The zero-order valence-electron chi connectivity index (χ0n) is 11.4. The second-order valence-electron chi connectivity index (χ2n) is 4.13. The molecule has 0 aliphatic heterocycles. The van der Waals surface area contributed by atoms with Gasteiger partial charge in [0, 0.05) is 12.4 Å². The average Bonchev–Trinajstić information content (AvgIpc) is 2.52. The summed E-state index contributed by atoms with van der Waals surface area (Å²) >= 11 is 0. The number of nitrogens with zero attached hydrogens (tertiary/aromatic N) is 1. The molecule has 2 aromatic rings.